The van der Waals surface area contributed by atoms with E-state index < -0.39 is 0 Å². The molecule has 94 valence electrons. The van der Waals surface area contributed by atoms with Crippen molar-refractivity contribution in [3.8, 4) is 11.5 Å². The second kappa shape index (κ2) is 5.14. The van der Waals surface area contributed by atoms with Crippen molar-refractivity contribution < 1.29 is 9.13 Å². The molecule has 1 aromatic carbocycles. The van der Waals surface area contributed by atoms with Crippen molar-refractivity contribution in [1.82, 2.24) is 4.98 Å². The van der Waals surface area contributed by atoms with Gasteiger partial charge >= 0.3 is 0 Å². The van der Waals surface area contributed by atoms with E-state index in [0.717, 1.165) is 11.3 Å². The monoisotopic (exact) mass is 246 g/mol. The van der Waals surface area contributed by atoms with Gasteiger partial charge in [0.1, 0.15) is 17.3 Å². The first-order valence-electron chi connectivity index (χ1n) is 5.72. The van der Waals surface area contributed by atoms with E-state index in [2.05, 4.69) is 4.98 Å². The summed E-state index contributed by atoms with van der Waals surface area (Å²) >= 11 is 0. The van der Waals surface area contributed by atoms with E-state index in [0.29, 0.717) is 11.5 Å². The van der Waals surface area contributed by atoms with Crippen molar-refractivity contribution in [2.45, 2.75) is 19.9 Å². The number of benzene rings is 1. The molecule has 2 rings (SSSR count). The summed E-state index contributed by atoms with van der Waals surface area (Å²) in [5.41, 5.74) is 7.37. The number of rotatable bonds is 3. The second-order valence-electron chi connectivity index (χ2n) is 4.22. The van der Waals surface area contributed by atoms with Crippen LogP contribution in [0.2, 0.25) is 0 Å². The molecule has 0 saturated carbocycles. The van der Waals surface area contributed by atoms with Gasteiger partial charge < -0.3 is 10.5 Å². The molecular weight excluding hydrogens is 231 g/mol. The maximum Gasteiger partial charge on any atom is 0.145 e. The van der Waals surface area contributed by atoms with Gasteiger partial charge in [0.15, 0.2) is 0 Å². The molecule has 18 heavy (non-hydrogen) atoms. The summed E-state index contributed by atoms with van der Waals surface area (Å²) < 4.78 is 18.7. The Kier molecular flexibility index (Phi) is 3.58. The molecule has 0 unspecified atom stereocenters. The average Bonchev–Trinajstić information content (AvgIpc) is 2.34. The van der Waals surface area contributed by atoms with Crippen LogP contribution in [0.5, 0.6) is 11.5 Å². The molecule has 0 radical (unpaired) electrons. The zero-order chi connectivity index (χ0) is 13.1. The standard InChI is InChI=1S/C14H15FN2O/c1-9-3-4-11(15)7-14(9)18-12-5-6-13(10(2)16)17-8-12/h3-8,10H,16H2,1-2H3/t10-/m0/s1. The third kappa shape index (κ3) is 2.84. The summed E-state index contributed by atoms with van der Waals surface area (Å²) in [6.07, 6.45) is 1.59. The molecule has 3 nitrogen and oxygen atoms in total. The molecule has 2 N–H and O–H groups in total. The Balaban J connectivity index is 2.21. The molecule has 0 aliphatic rings. The topological polar surface area (TPSA) is 48.1 Å². The van der Waals surface area contributed by atoms with Crippen molar-refractivity contribution >= 4 is 0 Å². The zero-order valence-corrected chi connectivity index (χ0v) is 10.4. The van der Waals surface area contributed by atoms with Crippen molar-refractivity contribution in [1.29, 1.82) is 0 Å². The first-order chi connectivity index (χ1) is 8.56. The predicted octanol–water partition coefficient (Wildman–Crippen LogP) is 3.34. The summed E-state index contributed by atoms with van der Waals surface area (Å²) in [6, 6.07) is 7.89. The van der Waals surface area contributed by atoms with Gasteiger partial charge in [-0.25, -0.2) is 4.39 Å². The molecule has 0 saturated heterocycles. The molecule has 0 bridgehead atoms. The number of halogens is 1. The molecule has 0 aliphatic carbocycles. The highest BCUT2D eigenvalue weighted by atomic mass is 19.1. The average molecular weight is 246 g/mol. The molecule has 0 amide bonds. The van der Waals surface area contributed by atoms with E-state index in [-0.39, 0.29) is 11.9 Å². The van der Waals surface area contributed by atoms with Gasteiger partial charge in [0.05, 0.1) is 11.9 Å². The maximum absolute atomic E-state index is 13.1. The Morgan fingerprint density at radius 3 is 2.67 bits per heavy atom. The van der Waals surface area contributed by atoms with E-state index in [9.17, 15) is 4.39 Å². The number of nitrogens with two attached hydrogens (primary N) is 1. The lowest BCUT2D eigenvalue weighted by Crippen LogP contribution is -2.06. The fourth-order valence-corrected chi connectivity index (χ4v) is 1.53. The Labute approximate surface area is 105 Å². The van der Waals surface area contributed by atoms with Gasteiger partial charge in [0, 0.05) is 12.1 Å². The smallest absolute Gasteiger partial charge is 0.145 e. The fourth-order valence-electron chi connectivity index (χ4n) is 1.53. The van der Waals surface area contributed by atoms with Gasteiger partial charge in [-0.3, -0.25) is 4.98 Å². The lowest BCUT2D eigenvalue weighted by atomic mass is 10.2. The molecule has 1 atom stereocenters. The molecule has 1 aromatic heterocycles. The first kappa shape index (κ1) is 12.5. The Morgan fingerprint density at radius 2 is 2.06 bits per heavy atom. The number of aromatic nitrogens is 1. The van der Waals surface area contributed by atoms with Gasteiger partial charge in [-0.1, -0.05) is 6.07 Å². The minimum absolute atomic E-state index is 0.116. The van der Waals surface area contributed by atoms with E-state index in [4.69, 9.17) is 10.5 Å². The SMILES string of the molecule is Cc1ccc(F)cc1Oc1ccc([C@H](C)N)nc1. The van der Waals surface area contributed by atoms with Crippen LogP contribution in [0.4, 0.5) is 4.39 Å². The van der Waals surface area contributed by atoms with Gasteiger partial charge in [-0.05, 0) is 37.6 Å². The predicted molar refractivity (Wildman–Crippen MR) is 68.1 cm³/mol. The lowest BCUT2D eigenvalue weighted by Gasteiger charge is -2.09. The van der Waals surface area contributed by atoms with Crippen molar-refractivity contribution in [2.24, 2.45) is 5.73 Å². The number of ether oxygens (including phenoxy) is 1. The van der Waals surface area contributed by atoms with Crippen LogP contribution in [-0.2, 0) is 0 Å². The van der Waals surface area contributed by atoms with E-state index in [1.807, 2.05) is 13.8 Å². The number of pyridine rings is 1. The van der Waals surface area contributed by atoms with Crippen molar-refractivity contribution in [2.75, 3.05) is 0 Å². The molecule has 0 spiro atoms. The molecular formula is C14H15FN2O. The number of nitrogens with zero attached hydrogens (tertiary/aromatic N) is 1. The Morgan fingerprint density at radius 1 is 1.28 bits per heavy atom. The summed E-state index contributed by atoms with van der Waals surface area (Å²) in [6.45, 7) is 3.72. The van der Waals surface area contributed by atoms with Crippen LogP contribution in [-0.4, -0.2) is 4.98 Å². The van der Waals surface area contributed by atoms with Crippen molar-refractivity contribution in [3.05, 3.63) is 53.6 Å². The van der Waals surface area contributed by atoms with Crippen LogP contribution in [0.15, 0.2) is 36.5 Å². The highest BCUT2D eigenvalue weighted by Crippen LogP contribution is 2.25. The highest BCUT2D eigenvalue weighted by molar-refractivity contribution is 5.36. The lowest BCUT2D eigenvalue weighted by molar-refractivity contribution is 0.470. The third-order valence-corrected chi connectivity index (χ3v) is 2.60. The fraction of sp³-hybridized carbons (Fsp3) is 0.214. The molecule has 2 aromatic rings. The Bertz CT molecular complexity index is 538. The summed E-state index contributed by atoms with van der Waals surface area (Å²) in [5, 5.41) is 0. The summed E-state index contributed by atoms with van der Waals surface area (Å²) in [7, 11) is 0. The van der Waals surface area contributed by atoms with Gasteiger partial charge in [0.2, 0.25) is 0 Å². The molecule has 0 fully saturated rings. The van der Waals surface area contributed by atoms with Crippen LogP contribution in [0.3, 0.4) is 0 Å². The zero-order valence-electron chi connectivity index (χ0n) is 10.4. The van der Waals surface area contributed by atoms with Gasteiger partial charge in [-0.15, -0.1) is 0 Å². The van der Waals surface area contributed by atoms with Crippen LogP contribution in [0.25, 0.3) is 0 Å². The van der Waals surface area contributed by atoms with E-state index >= 15 is 0 Å². The maximum atomic E-state index is 13.1. The van der Waals surface area contributed by atoms with Crippen LogP contribution < -0.4 is 10.5 Å². The normalized spacial score (nSPS) is 12.2. The summed E-state index contributed by atoms with van der Waals surface area (Å²) in [4.78, 5) is 4.18. The van der Waals surface area contributed by atoms with Gasteiger partial charge in [0.25, 0.3) is 0 Å². The van der Waals surface area contributed by atoms with E-state index in [1.54, 1.807) is 24.4 Å². The van der Waals surface area contributed by atoms with Crippen molar-refractivity contribution in [3.63, 3.8) is 0 Å². The number of hydrogen-bond donors (Lipinski definition) is 1. The number of aryl methyl sites for hydroxylation is 1. The van der Waals surface area contributed by atoms with E-state index in [1.165, 1.54) is 12.1 Å². The third-order valence-electron chi connectivity index (χ3n) is 2.60. The van der Waals surface area contributed by atoms with Crippen LogP contribution >= 0.6 is 0 Å². The molecule has 4 heteroatoms. The largest absolute Gasteiger partial charge is 0.455 e. The van der Waals surface area contributed by atoms with Gasteiger partial charge in [-0.2, -0.15) is 0 Å². The van der Waals surface area contributed by atoms with Crippen LogP contribution in [0, 0.1) is 12.7 Å². The summed E-state index contributed by atoms with van der Waals surface area (Å²) in [5.74, 6) is 0.731. The second-order valence-corrected chi connectivity index (χ2v) is 4.22. The first-order valence-corrected chi connectivity index (χ1v) is 5.72. The minimum atomic E-state index is -0.323. The van der Waals surface area contributed by atoms with Crippen LogP contribution in [0.1, 0.15) is 24.2 Å². The highest BCUT2D eigenvalue weighted by Gasteiger charge is 2.05. The molecule has 1 heterocycles. The minimum Gasteiger partial charge on any atom is -0.455 e. The quantitative estimate of drug-likeness (QED) is 0.903. The Hall–Kier alpha value is -1.94. The molecule has 0 aliphatic heterocycles. The number of hydrogen-bond acceptors (Lipinski definition) is 3.